The first-order chi connectivity index (χ1) is 2.91. The van der Waals surface area contributed by atoms with E-state index in [0.717, 1.165) is 18.2 Å². The average molecular weight is 331 g/mol. The first kappa shape index (κ1) is 22.4. The van der Waals surface area contributed by atoms with Crippen LogP contribution in [0.15, 0.2) is 0 Å². The van der Waals surface area contributed by atoms with Crippen LogP contribution in [0.3, 0.4) is 0 Å². The summed E-state index contributed by atoms with van der Waals surface area (Å²) in [5, 5.41) is 1.02. The number of terminal acetylenes is 1. The van der Waals surface area contributed by atoms with Crippen LogP contribution in [0.4, 0.5) is 0 Å². The zero-order valence-electron chi connectivity index (χ0n) is 5.04. The maximum absolute atomic E-state index is 4.94. The number of hydrogen-bond donors (Lipinski definition) is 0. The fraction of sp³-hybridized carbons (Fsp3) is 0.600. The van der Waals surface area contributed by atoms with Gasteiger partial charge in [0.25, 0.3) is 0 Å². The first-order valence-electron chi connectivity index (χ1n) is 1.91. The number of alkyl halides is 1. The van der Waals surface area contributed by atoms with Gasteiger partial charge in [0.05, 0.1) is 0 Å². The molecule has 0 aliphatic rings. The molecule has 0 unspecified atom stereocenters. The predicted molar refractivity (Wildman–Crippen MR) is 37.6 cm³/mol. The van der Waals surface area contributed by atoms with Gasteiger partial charge in [0.1, 0.15) is 0 Å². The van der Waals surface area contributed by atoms with E-state index in [4.69, 9.17) is 6.42 Å². The van der Waals surface area contributed by atoms with Crippen LogP contribution in [-0.4, -0.2) is 28.4 Å². The Kier molecular flexibility index (Phi) is 56.3. The van der Waals surface area contributed by atoms with Crippen molar-refractivity contribution in [3.8, 4) is 12.3 Å². The second-order valence-electron chi connectivity index (χ2n) is 0.997. The van der Waals surface area contributed by atoms with E-state index in [1.807, 2.05) is 0 Å². The van der Waals surface area contributed by atoms with E-state index in [9.17, 15) is 0 Å². The minimum atomic E-state index is 0. The van der Waals surface area contributed by atoms with Crippen LogP contribution >= 0.6 is 15.9 Å². The molecule has 0 aliphatic carbocycles. The number of hydrogen-bond acceptors (Lipinski definition) is 0. The molecule has 0 heterocycles. The van der Waals surface area contributed by atoms with Gasteiger partial charge in [0.2, 0.25) is 0 Å². The normalized spacial score (nSPS) is 4.89. The fourth-order valence-electron chi connectivity index (χ4n) is 0.169. The first-order valence-corrected chi connectivity index (χ1v) is 3.03. The molecule has 0 saturated heterocycles. The molecule has 0 rings (SSSR count). The Labute approximate surface area is 102 Å². The van der Waals surface area contributed by atoms with Crippen molar-refractivity contribution in [3.63, 3.8) is 0 Å². The molecule has 0 nitrogen and oxygen atoms in total. The van der Waals surface area contributed by atoms with Gasteiger partial charge in [0.15, 0.2) is 0 Å². The van der Waals surface area contributed by atoms with Gasteiger partial charge < -0.3 is 34.0 Å². The van der Waals surface area contributed by atoms with Crippen LogP contribution < -0.4 is 34.0 Å². The van der Waals surface area contributed by atoms with Crippen molar-refractivity contribution in [3.05, 3.63) is 0 Å². The summed E-state index contributed by atoms with van der Waals surface area (Å²) in [4.78, 5) is 0. The molecule has 0 spiro atoms. The van der Waals surface area contributed by atoms with Crippen molar-refractivity contribution in [2.75, 3.05) is 5.33 Å². The van der Waals surface area contributed by atoms with E-state index in [1.54, 1.807) is 0 Å². The van der Waals surface area contributed by atoms with Crippen LogP contribution in [0.1, 0.15) is 12.8 Å². The Hall–Kier alpha value is 1.77. The van der Waals surface area contributed by atoms with E-state index in [2.05, 4.69) is 21.9 Å². The third-order valence-electron chi connectivity index (χ3n) is 0.455. The molecule has 0 radical (unpaired) electrons. The van der Waals surface area contributed by atoms with Crippen LogP contribution in [0, 0.1) is 12.3 Å². The number of rotatable bonds is 2. The Balaban J connectivity index is -0.0000000417. The van der Waals surface area contributed by atoms with Crippen molar-refractivity contribution in [2.24, 2.45) is 0 Å². The summed E-state index contributed by atoms with van der Waals surface area (Å²) in [7, 11) is 0. The second kappa shape index (κ2) is 22.6. The van der Waals surface area contributed by atoms with Gasteiger partial charge in [-0.05, 0) is 6.42 Å². The van der Waals surface area contributed by atoms with Gasteiger partial charge >= 0.3 is 23.1 Å². The molecule has 0 aliphatic heterocycles. The molecule has 50 valence electrons. The van der Waals surface area contributed by atoms with Crippen LogP contribution in [0.2, 0.25) is 0 Å². The minimum absolute atomic E-state index is 0. The summed E-state index contributed by atoms with van der Waals surface area (Å²) in [5.41, 5.74) is 0. The van der Waals surface area contributed by atoms with Crippen molar-refractivity contribution in [1.82, 2.24) is 0 Å². The molecule has 4 heteroatoms. The third kappa shape index (κ3) is 25.9. The van der Waals surface area contributed by atoms with Crippen LogP contribution in [-0.2, 0) is 0 Å². The molecular formula is C5H7Br3Mg. The van der Waals surface area contributed by atoms with Crippen molar-refractivity contribution in [2.45, 2.75) is 12.8 Å². The Morgan fingerprint density at radius 3 is 1.89 bits per heavy atom. The van der Waals surface area contributed by atoms with E-state index in [0.29, 0.717) is 0 Å². The zero-order valence-corrected chi connectivity index (χ0v) is 11.2. The molecule has 0 fully saturated rings. The molecule has 0 aromatic rings. The van der Waals surface area contributed by atoms with E-state index >= 15 is 0 Å². The summed E-state index contributed by atoms with van der Waals surface area (Å²) < 4.78 is 0. The average Bonchev–Trinajstić information content (AvgIpc) is 1.61. The molecular weight excluding hydrogens is 324 g/mol. The quantitative estimate of drug-likeness (QED) is 0.207. The monoisotopic (exact) mass is 328 g/mol. The predicted octanol–water partition coefficient (Wildman–Crippen LogP) is -4.58. The molecule has 9 heavy (non-hydrogen) atoms. The SMILES string of the molecule is C#CCCCBr.[Br-].[Br-].[Mg+2]. The van der Waals surface area contributed by atoms with Gasteiger partial charge in [-0.1, -0.05) is 15.9 Å². The molecule has 0 aromatic carbocycles. The molecule has 0 aromatic heterocycles. The molecule has 0 bridgehead atoms. The summed E-state index contributed by atoms with van der Waals surface area (Å²) in [6.07, 6.45) is 6.93. The van der Waals surface area contributed by atoms with Gasteiger partial charge in [0, 0.05) is 11.8 Å². The van der Waals surface area contributed by atoms with Crippen molar-refractivity contribution >= 4 is 39.0 Å². The summed E-state index contributed by atoms with van der Waals surface area (Å²) in [5.74, 6) is 2.54. The van der Waals surface area contributed by atoms with Gasteiger partial charge in [-0.3, -0.25) is 0 Å². The largest absolute Gasteiger partial charge is 2.00 e. The second-order valence-corrected chi connectivity index (χ2v) is 1.79. The van der Waals surface area contributed by atoms with Crippen molar-refractivity contribution < 1.29 is 34.0 Å². The maximum atomic E-state index is 4.94. The number of halogens is 3. The third-order valence-corrected chi connectivity index (χ3v) is 1.02. The van der Waals surface area contributed by atoms with E-state index in [-0.39, 0.29) is 57.0 Å². The molecule has 0 atom stereocenters. The standard InChI is InChI=1S/C5H7Br.2BrH.Mg/c1-2-3-4-5-6;;;/h1H,3-5H2;2*1H;/q;;;+2/p-2. The van der Waals surface area contributed by atoms with Crippen LogP contribution in [0.5, 0.6) is 0 Å². The van der Waals surface area contributed by atoms with Gasteiger partial charge in [-0.2, -0.15) is 0 Å². The minimum Gasteiger partial charge on any atom is -1.00 e. The summed E-state index contributed by atoms with van der Waals surface area (Å²) in [6, 6.07) is 0. The molecule has 0 N–H and O–H groups in total. The number of unbranched alkanes of at least 4 members (excludes halogenated alkanes) is 1. The summed E-state index contributed by atoms with van der Waals surface area (Å²) >= 11 is 3.25. The molecule has 0 saturated carbocycles. The fourth-order valence-corrected chi connectivity index (χ4v) is 0.449. The zero-order chi connectivity index (χ0) is 4.83. The van der Waals surface area contributed by atoms with E-state index in [1.165, 1.54) is 0 Å². The Morgan fingerprint density at radius 1 is 1.33 bits per heavy atom. The smallest absolute Gasteiger partial charge is 1.00 e. The molecule has 0 amide bonds. The van der Waals surface area contributed by atoms with Gasteiger partial charge in [-0.25, -0.2) is 0 Å². The van der Waals surface area contributed by atoms with E-state index < -0.39 is 0 Å². The topological polar surface area (TPSA) is 0 Å². The summed E-state index contributed by atoms with van der Waals surface area (Å²) in [6.45, 7) is 0. The maximum Gasteiger partial charge on any atom is 2.00 e. The van der Waals surface area contributed by atoms with Gasteiger partial charge in [-0.15, -0.1) is 12.3 Å². The Bertz CT molecular complexity index is 59.7. The van der Waals surface area contributed by atoms with Crippen molar-refractivity contribution in [1.29, 1.82) is 0 Å². The Morgan fingerprint density at radius 2 is 1.78 bits per heavy atom. The van der Waals surface area contributed by atoms with Crippen LogP contribution in [0.25, 0.3) is 0 Å².